The number of ether oxygens (including phenoxy) is 2. The van der Waals surface area contributed by atoms with Gasteiger partial charge < -0.3 is 14.8 Å². The van der Waals surface area contributed by atoms with Crippen molar-refractivity contribution in [2.75, 3.05) is 12.5 Å². The van der Waals surface area contributed by atoms with E-state index in [9.17, 15) is 9.18 Å². The number of aromatic nitrogens is 3. The average Bonchev–Trinajstić information content (AvgIpc) is 3.50. The number of nitrogens with zero attached hydrogens (tertiary/aromatic N) is 3. The van der Waals surface area contributed by atoms with Gasteiger partial charge in [-0.1, -0.05) is 48.2 Å². The normalized spacial score (nSPS) is 13.0. The zero-order valence-corrected chi connectivity index (χ0v) is 19.1. The molecule has 7 nitrogen and oxygen atoms in total. The number of hydrogen-bond acceptors (Lipinski definition) is 6. The van der Waals surface area contributed by atoms with E-state index in [-0.39, 0.29) is 30.3 Å². The van der Waals surface area contributed by atoms with Crippen LogP contribution in [0.2, 0.25) is 0 Å². The highest BCUT2D eigenvalue weighted by atomic mass is 32.2. The second-order valence-electron chi connectivity index (χ2n) is 7.67. The van der Waals surface area contributed by atoms with Gasteiger partial charge >= 0.3 is 0 Å². The fourth-order valence-electron chi connectivity index (χ4n) is 3.64. The van der Waals surface area contributed by atoms with E-state index in [2.05, 4.69) is 15.5 Å². The Morgan fingerprint density at radius 2 is 1.82 bits per heavy atom. The maximum atomic E-state index is 13.5. The molecule has 1 unspecified atom stereocenters. The van der Waals surface area contributed by atoms with E-state index in [4.69, 9.17) is 9.47 Å². The lowest BCUT2D eigenvalue weighted by molar-refractivity contribution is -0.119. The van der Waals surface area contributed by atoms with Gasteiger partial charge in [0, 0.05) is 11.3 Å². The molecule has 1 atom stereocenters. The summed E-state index contributed by atoms with van der Waals surface area (Å²) in [5.41, 5.74) is 2.50. The van der Waals surface area contributed by atoms with E-state index in [1.165, 1.54) is 23.9 Å². The van der Waals surface area contributed by atoms with Crippen molar-refractivity contribution in [2.45, 2.75) is 18.1 Å². The van der Waals surface area contributed by atoms with Crippen molar-refractivity contribution in [1.29, 1.82) is 0 Å². The summed E-state index contributed by atoms with van der Waals surface area (Å²) in [5.74, 6) is 1.65. The fraction of sp³-hybridized carbons (Fsp3) is 0.160. The Bertz CT molecular complexity index is 1310. The number of fused-ring (bicyclic) bond motifs is 1. The van der Waals surface area contributed by atoms with Crippen molar-refractivity contribution in [1.82, 2.24) is 20.1 Å². The van der Waals surface area contributed by atoms with Crippen LogP contribution in [0, 0.1) is 5.82 Å². The van der Waals surface area contributed by atoms with E-state index in [0.29, 0.717) is 28.2 Å². The monoisotopic (exact) mass is 476 g/mol. The molecule has 1 N–H and O–H groups in total. The van der Waals surface area contributed by atoms with Gasteiger partial charge in [-0.05, 0) is 48.9 Å². The molecule has 9 heteroatoms. The Labute approximate surface area is 199 Å². The first-order valence-electron chi connectivity index (χ1n) is 10.7. The van der Waals surface area contributed by atoms with E-state index in [1.54, 1.807) is 12.1 Å². The molecule has 2 heterocycles. The Morgan fingerprint density at radius 1 is 1.06 bits per heavy atom. The highest BCUT2D eigenvalue weighted by Gasteiger charge is 2.19. The smallest absolute Gasteiger partial charge is 0.231 e. The molecule has 0 saturated carbocycles. The number of hydrogen-bond donors (Lipinski definition) is 1. The van der Waals surface area contributed by atoms with E-state index < -0.39 is 0 Å². The summed E-state index contributed by atoms with van der Waals surface area (Å²) in [6.45, 7) is 2.12. The number of rotatable bonds is 7. The predicted molar refractivity (Wildman–Crippen MR) is 127 cm³/mol. The molecule has 0 fully saturated rings. The topological polar surface area (TPSA) is 78.3 Å². The second-order valence-corrected chi connectivity index (χ2v) is 8.62. The summed E-state index contributed by atoms with van der Waals surface area (Å²) in [7, 11) is 0. The largest absolute Gasteiger partial charge is 0.454 e. The van der Waals surface area contributed by atoms with E-state index in [0.717, 1.165) is 11.1 Å². The number of carbonyl (C=O) groups is 1. The first-order valence-corrected chi connectivity index (χ1v) is 11.7. The van der Waals surface area contributed by atoms with Crippen LogP contribution in [0.3, 0.4) is 0 Å². The molecular weight excluding hydrogens is 455 g/mol. The number of carbonyl (C=O) groups excluding carboxylic acids is 1. The van der Waals surface area contributed by atoms with Gasteiger partial charge in [0.25, 0.3) is 0 Å². The van der Waals surface area contributed by atoms with Crippen LogP contribution in [0.15, 0.2) is 78.0 Å². The molecule has 1 aromatic heterocycles. The van der Waals surface area contributed by atoms with Crippen LogP contribution in [0.25, 0.3) is 17.1 Å². The molecule has 0 aliphatic carbocycles. The van der Waals surface area contributed by atoms with Gasteiger partial charge in [0.2, 0.25) is 12.7 Å². The highest BCUT2D eigenvalue weighted by molar-refractivity contribution is 7.99. The van der Waals surface area contributed by atoms with Gasteiger partial charge in [-0.15, -0.1) is 10.2 Å². The first-order chi connectivity index (χ1) is 16.6. The molecular formula is C25H21FN4O3S. The zero-order chi connectivity index (χ0) is 23.5. The number of benzene rings is 3. The molecule has 1 aliphatic heterocycles. The van der Waals surface area contributed by atoms with Gasteiger partial charge in [0.15, 0.2) is 22.5 Å². The molecule has 172 valence electrons. The number of halogens is 1. The van der Waals surface area contributed by atoms with Crippen molar-refractivity contribution in [2.24, 2.45) is 0 Å². The van der Waals surface area contributed by atoms with Crippen molar-refractivity contribution < 1.29 is 18.7 Å². The Kier molecular flexibility index (Phi) is 6.18. The van der Waals surface area contributed by atoms with Crippen LogP contribution < -0.4 is 14.8 Å². The van der Waals surface area contributed by atoms with Crippen molar-refractivity contribution in [3.63, 3.8) is 0 Å². The molecule has 0 bridgehead atoms. The molecule has 3 aromatic carbocycles. The fourth-order valence-corrected chi connectivity index (χ4v) is 4.40. The number of amides is 1. The minimum atomic E-state index is -0.329. The second kappa shape index (κ2) is 9.56. The molecule has 0 spiro atoms. The van der Waals surface area contributed by atoms with Crippen molar-refractivity contribution in [3.05, 3.63) is 84.2 Å². The third-order valence-corrected chi connectivity index (χ3v) is 6.29. The lowest BCUT2D eigenvalue weighted by Gasteiger charge is -2.15. The molecule has 0 saturated heterocycles. The Hall–Kier alpha value is -3.85. The van der Waals surface area contributed by atoms with Crippen LogP contribution in [-0.4, -0.2) is 33.2 Å². The summed E-state index contributed by atoms with van der Waals surface area (Å²) in [5, 5.41) is 12.2. The van der Waals surface area contributed by atoms with Crippen LogP contribution in [-0.2, 0) is 4.79 Å². The highest BCUT2D eigenvalue weighted by Crippen LogP contribution is 2.34. The Morgan fingerprint density at radius 3 is 2.62 bits per heavy atom. The summed E-state index contributed by atoms with van der Waals surface area (Å²) in [6, 6.07) is 21.1. The maximum Gasteiger partial charge on any atom is 0.231 e. The summed E-state index contributed by atoms with van der Waals surface area (Å²) < 4.78 is 26.1. The molecule has 0 radical (unpaired) electrons. The quantitative estimate of drug-likeness (QED) is 0.387. The molecule has 4 aromatic rings. The average molecular weight is 477 g/mol. The van der Waals surface area contributed by atoms with Crippen molar-refractivity contribution in [3.8, 4) is 28.6 Å². The SMILES string of the molecule is CC(NC(=O)CSc1nnc(-c2ccccc2)n1-c1ccc(F)cc1)c1ccc2c(c1)OCO2. The van der Waals surface area contributed by atoms with Gasteiger partial charge in [0.1, 0.15) is 5.82 Å². The first kappa shape index (κ1) is 22.0. The summed E-state index contributed by atoms with van der Waals surface area (Å²) in [4.78, 5) is 12.7. The predicted octanol–water partition coefficient (Wildman–Crippen LogP) is 4.77. The zero-order valence-electron chi connectivity index (χ0n) is 18.3. The lowest BCUT2D eigenvalue weighted by atomic mass is 10.1. The number of thioether (sulfide) groups is 1. The van der Waals surface area contributed by atoms with Crippen LogP contribution >= 0.6 is 11.8 Å². The number of nitrogens with one attached hydrogen (secondary N) is 1. The van der Waals surface area contributed by atoms with E-state index >= 15 is 0 Å². The van der Waals surface area contributed by atoms with Crippen molar-refractivity contribution >= 4 is 17.7 Å². The summed E-state index contributed by atoms with van der Waals surface area (Å²) >= 11 is 1.27. The van der Waals surface area contributed by atoms with Gasteiger partial charge in [0.05, 0.1) is 11.8 Å². The molecule has 1 amide bonds. The Balaban J connectivity index is 1.32. The molecule has 34 heavy (non-hydrogen) atoms. The van der Waals surface area contributed by atoms with Crippen LogP contribution in [0.5, 0.6) is 11.5 Å². The minimum absolute atomic E-state index is 0.142. The standard InChI is InChI=1S/C25H21FN4O3S/c1-16(18-7-12-21-22(13-18)33-15-32-21)27-23(31)14-34-25-29-28-24(17-5-3-2-4-6-17)30(25)20-10-8-19(26)9-11-20/h2-13,16H,14-15H2,1H3,(H,27,31). The minimum Gasteiger partial charge on any atom is -0.454 e. The van der Waals surface area contributed by atoms with E-state index in [1.807, 2.05) is 60.0 Å². The lowest BCUT2D eigenvalue weighted by Crippen LogP contribution is -2.28. The van der Waals surface area contributed by atoms with Crippen LogP contribution in [0.4, 0.5) is 4.39 Å². The maximum absolute atomic E-state index is 13.5. The summed E-state index contributed by atoms with van der Waals surface area (Å²) in [6.07, 6.45) is 0. The molecule has 5 rings (SSSR count). The van der Waals surface area contributed by atoms with Gasteiger partial charge in [-0.25, -0.2) is 4.39 Å². The third-order valence-electron chi connectivity index (χ3n) is 5.36. The van der Waals surface area contributed by atoms with Crippen LogP contribution in [0.1, 0.15) is 18.5 Å². The van der Waals surface area contributed by atoms with Gasteiger partial charge in [-0.2, -0.15) is 0 Å². The van der Waals surface area contributed by atoms with Gasteiger partial charge in [-0.3, -0.25) is 9.36 Å². The third kappa shape index (κ3) is 4.60. The molecule has 1 aliphatic rings.